The third kappa shape index (κ3) is 2.99. The molecule has 0 amide bonds. The van der Waals surface area contributed by atoms with Crippen LogP contribution in [0.25, 0.3) is 0 Å². The van der Waals surface area contributed by atoms with Crippen LogP contribution in [0, 0.1) is 5.41 Å². The van der Waals surface area contributed by atoms with Gasteiger partial charge in [-0.2, -0.15) is 0 Å². The van der Waals surface area contributed by atoms with Crippen molar-refractivity contribution >= 4 is 11.5 Å². The summed E-state index contributed by atoms with van der Waals surface area (Å²) in [6, 6.07) is 0. The molecule has 0 aliphatic heterocycles. The Balaban J connectivity index is 2.33. The Morgan fingerprint density at radius 3 is 2.48 bits per heavy atom. The Labute approximate surface area is 125 Å². The quantitative estimate of drug-likeness (QED) is 0.799. The third-order valence-electron chi connectivity index (χ3n) is 4.67. The summed E-state index contributed by atoms with van der Waals surface area (Å²) in [7, 11) is 1.50. The number of anilines is 2. The molecule has 6 nitrogen and oxygen atoms in total. The molecule has 3 N–H and O–H groups in total. The largest absolute Gasteiger partial charge is 0.383 e. The highest BCUT2D eigenvalue weighted by Gasteiger charge is 2.40. The monoisotopic (exact) mass is 294 g/mol. The molecule has 0 bridgehead atoms. The molecule has 0 radical (unpaired) electrons. The zero-order chi connectivity index (χ0) is 15.6. The minimum Gasteiger partial charge on any atom is -0.383 e. The highest BCUT2D eigenvalue weighted by molar-refractivity contribution is 5.60. The fraction of sp³-hybridized carbons (Fsp3) is 0.733. The van der Waals surface area contributed by atoms with Crippen molar-refractivity contribution < 1.29 is 0 Å². The SMILES string of the molecule is CCCCn1c(N)c(NCC2(CC)CC2)c(=O)n(C)c1=O. The molecule has 1 aromatic rings. The molecule has 1 aliphatic carbocycles. The lowest BCUT2D eigenvalue weighted by Crippen LogP contribution is -2.41. The first-order valence-corrected chi connectivity index (χ1v) is 7.79. The van der Waals surface area contributed by atoms with Crippen molar-refractivity contribution in [3.05, 3.63) is 20.8 Å². The van der Waals surface area contributed by atoms with Crippen LogP contribution in [-0.2, 0) is 13.6 Å². The fourth-order valence-electron chi connectivity index (χ4n) is 2.59. The number of nitrogens with zero attached hydrogens (tertiary/aromatic N) is 2. The predicted octanol–water partition coefficient (Wildman–Crippen LogP) is 1.53. The Hall–Kier alpha value is -1.72. The average molecular weight is 294 g/mol. The minimum absolute atomic E-state index is 0.267. The van der Waals surface area contributed by atoms with E-state index in [2.05, 4.69) is 19.2 Å². The molecule has 0 unspecified atom stereocenters. The average Bonchev–Trinajstić information content (AvgIpc) is 3.26. The molecule has 0 spiro atoms. The second-order valence-corrected chi connectivity index (χ2v) is 6.12. The first-order valence-electron chi connectivity index (χ1n) is 7.79. The smallest absolute Gasteiger partial charge is 0.332 e. The van der Waals surface area contributed by atoms with E-state index in [-0.39, 0.29) is 17.1 Å². The number of nitrogen functional groups attached to an aromatic ring is 1. The first-order chi connectivity index (χ1) is 9.95. The van der Waals surface area contributed by atoms with Crippen LogP contribution >= 0.6 is 0 Å². The van der Waals surface area contributed by atoms with E-state index in [1.807, 2.05) is 0 Å². The fourth-order valence-corrected chi connectivity index (χ4v) is 2.59. The molecule has 118 valence electrons. The van der Waals surface area contributed by atoms with Gasteiger partial charge in [-0.15, -0.1) is 0 Å². The maximum absolute atomic E-state index is 12.3. The van der Waals surface area contributed by atoms with Crippen molar-refractivity contribution in [2.45, 2.75) is 52.5 Å². The number of hydrogen-bond acceptors (Lipinski definition) is 4. The second kappa shape index (κ2) is 5.95. The molecule has 1 aliphatic rings. The van der Waals surface area contributed by atoms with E-state index in [0.717, 1.165) is 30.4 Å². The van der Waals surface area contributed by atoms with Crippen LogP contribution in [0.4, 0.5) is 11.5 Å². The van der Waals surface area contributed by atoms with Crippen molar-refractivity contribution in [2.24, 2.45) is 12.5 Å². The topological polar surface area (TPSA) is 82.0 Å². The van der Waals surface area contributed by atoms with Gasteiger partial charge in [0.05, 0.1) is 0 Å². The van der Waals surface area contributed by atoms with E-state index in [1.165, 1.54) is 24.5 Å². The van der Waals surface area contributed by atoms with Crippen molar-refractivity contribution in [3.8, 4) is 0 Å². The summed E-state index contributed by atoms with van der Waals surface area (Å²) in [4.78, 5) is 24.4. The van der Waals surface area contributed by atoms with Gasteiger partial charge in [0, 0.05) is 20.1 Å². The molecule has 0 aromatic carbocycles. The molecular formula is C15H26N4O2. The maximum atomic E-state index is 12.3. The van der Waals surface area contributed by atoms with E-state index in [0.29, 0.717) is 17.6 Å². The van der Waals surface area contributed by atoms with Gasteiger partial charge in [-0.05, 0) is 31.1 Å². The molecule has 1 saturated carbocycles. The van der Waals surface area contributed by atoms with E-state index >= 15 is 0 Å². The van der Waals surface area contributed by atoms with Gasteiger partial charge < -0.3 is 11.1 Å². The van der Waals surface area contributed by atoms with Crippen LogP contribution in [0.3, 0.4) is 0 Å². The first kappa shape index (κ1) is 15.7. The van der Waals surface area contributed by atoms with Crippen molar-refractivity contribution in [2.75, 3.05) is 17.6 Å². The highest BCUT2D eigenvalue weighted by Crippen LogP contribution is 2.48. The van der Waals surface area contributed by atoms with Crippen LogP contribution in [0.1, 0.15) is 46.0 Å². The molecule has 1 fully saturated rings. The Bertz CT molecular complexity index is 626. The molecule has 2 rings (SSSR count). The Morgan fingerprint density at radius 2 is 1.95 bits per heavy atom. The van der Waals surface area contributed by atoms with Gasteiger partial charge in [0.25, 0.3) is 5.56 Å². The summed E-state index contributed by atoms with van der Waals surface area (Å²) >= 11 is 0. The second-order valence-electron chi connectivity index (χ2n) is 6.12. The summed E-state index contributed by atoms with van der Waals surface area (Å²) in [5.74, 6) is 0.267. The van der Waals surface area contributed by atoms with E-state index in [9.17, 15) is 9.59 Å². The molecule has 1 heterocycles. The minimum atomic E-state index is -0.340. The predicted molar refractivity (Wildman–Crippen MR) is 85.7 cm³/mol. The van der Waals surface area contributed by atoms with Gasteiger partial charge in [0.15, 0.2) is 0 Å². The number of hydrogen-bond donors (Lipinski definition) is 2. The number of unbranched alkanes of at least 4 members (excludes halogenated alkanes) is 1. The van der Waals surface area contributed by atoms with Crippen LogP contribution in [0.15, 0.2) is 9.59 Å². The third-order valence-corrected chi connectivity index (χ3v) is 4.67. The highest BCUT2D eigenvalue weighted by atomic mass is 16.2. The Kier molecular flexibility index (Phi) is 4.44. The van der Waals surface area contributed by atoms with Crippen molar-refractivity contribution in [1.29, 1.82) is 0 Å². The zero-order valence-corrected chi connectivity index (χ0v) is 13.2. The van der Waals surface area contributed by atoms with Gasteiger partial charge in [-0.3, -0.25) is 13.9 Å². The van der Waals surface area contributed by atoms with Gasteiger partial charge in [-0.1, -0.05) is 20.3 Å². The molecule has 1 aromatic heterocycles. The number of nitrogens with two attached hydrogens (primary N) is 1. The van der Waals surface area contributed by atoms with Crippen LogP contribution in [0.2, 0.25) is 0 Å². The molecule has 0 saturated heterocycles. The number of nitrogens with one attached hydrogen (secondary N) is 1. The van der Waals surface area contributed by atoms with Crippen LogP contribution in [-0.4, -0.2) is 15.7 Å². The van der Waals surface area contributed by atoms with E-state index in [1.54, 1.807) is 0 Å². The molecular weight excluding hydrogens is 268 g/mol. The molecule has 21 heavy (non-hydrogen) atoms. The number of rotatable bonds is 7. The van der Waals surface area contributed by atoms with Gasteiger partial charge in [0.2, 0.25) is 0 Å². The van der Waals surface area contributed by atoms with Gasteiger partial charge in [0.1, 0.15) is 11.5 Å². The normalized spacial score (nSPS) is 16.0. The molecule has 0 atom stereocenters. The summed E-state index contributed by atoms with van der Waals surface area (Å²) in [5, 5.41) is 3.20. The summed E-state index contributed by atoms with van der Waals surface area (Å²) in [5.41, 5.74) is 6.07. The van der Waals surface area contributed by atoms with Crippen molar-refractivity contribution in [1.82, 2.24) is 9.13 Å². The summed E-state index contributed by atoms with van der Waals surface area (Å²) in [6.07, 6.45) is 5.30. The maximum Gasteiger partial charge on any atom is 0.332 e. The van der Waals surface area contributed by atoms with E-state index < -0.39 is 0 Å². The zero-order valence-electron chi connectivity index (χ0n) is 13.2. The lowest BCUT2D eigenvalue weighted by atomic mass is 10.0. The molecule has 6 heteroatoms. The summed E-state index contributed by atoms with van der Waals surface area (Å²) < 4.78 is 2.64. The lowest BCUT2D eigenvalue weighted by molar-refractivity contribution is 0.519. The van der Waals surface area contributed by atoms with Crippen LogP contribution in [0.5, 0.6) is 0 Å². The van der Waals surface area contributed by atoms with E-state index in [4.69, 9.17) is 5.73 Å². The van der Waals surface area contributed by atoms with Gasteiger partial charge >= 0.3 is 5.69 Å². The van der Waals surface area contributed by atoms with Gasteiger partial charge in [-0.25, -0.2) is 4.79 Å². The summed E-state index contributed by atoms with van der Waals surface area (Å²) in [6.45, 7) is 5.51. The number of aromatic nitrogens is 2. The van der Waals surface area contributed by atoms with Crippen molar-refractivity contribution in [3.63, 3.8) is 0 Å². The standard InChI is InChI=1S/C15H26N4O2/c1-4-6-9-19-12(16)11(13(20)18(3)14(19)21)17-10-15(5-2)7-8-15/h17H,4-10,16H2,1-3H3. The Morgan fingerprint density at radius 1 is 1.29 bits per heavy atom. The lowest BCUT2D eigenvalue weighted by Gasteiger charge is -2.18. The van der Waals surface area contributed by atoms with Crippen LogP contribution < -0.4 is 22.3 Å².